The van der Waals surface area contributed by atoms with Crippen molar-refractivity contribution in [2.75, 3.05) is 0 Å². The number of rotatable bonds is 5. The summed E-state index contributed by atoms with van der Waals surface area (Å²) < 4.78 is 0.958. The second kappa shape index (κ2) is 7.09. The van der Waals surface area contributed by atoms with Crippen molar-refractivity contribution in [3.63, 3.8) is 0 Å². The van der Waals surface area contributed by atoms with Crippen molar-refractivity contribution in [2.24, 2.45) is 5.92 Å². The van der Waals surface area contributed by atoms with E-state index in [-0.39, 0.29) is 5.92 Å². The quantitative estimate of drug-likeness (QED) is 0.818. The molecule has 1 atom stereocenters. The predicted molar refractivity (Wildman–Crippen MR) is 77.6 cm³/mol. The fraction of sp³-hybridized carbons (Fsp3) is 0.286. The van der Waals surface area contributed by atoms with Gasteiger partial charge in [0.1, 0.15) is 6.04 Å². The molecule has 0 saturated heterocycles. The third-order valence-electron chi connectivity index (χ3n) is 2.53. The summed E-state index contributed by atoms with van der Waals surface area (Å²) in [5, 5.41) is 11.4. The van der Waals surface area contributed by atoms with Crippen LogP contribution in [0.5, 0.6) is 0 Å². The number of amides is 1. The first-order valence-electron chi connectivity index (χ1n) is 5.87. The summed E-state index contributed by atoms with van der Waals surface area (Å²) in [6.45, 7) is 3.50. The van der Waals surface area contributed by atoms with E-state index in [0.29, 0.717) is 0 Å². The normalized spacial score (nSPS) is 12.6. The molecule has 4 nitrogen and oxygen atoms in total. The Labute approximate surface area is 120 Å². The monoisotopic (exact) mass is 325 g/mol. The minimum absolute atomic E-state index is 0.164. The average molecular weight is 326 g/mol. The number of hydrogen-bond donors (Lipinski definition) is 2. The van der Waals surface area contributed by atoms with Crippen molar-refractivity contribution < 1.29 is 14.7 Å². The van der Waals surface area contributed by atoms with Gasteiger partial charge < -0.3 is 10.4 Å². The summed E-state index contributed by atoms with van der Waals surface area (Å²) in [4.78, 5) is 22.6. The van der Waals surface area contributed by atoms with E-state index < -0.39 is 17.9 Å². The molecule has 0 aliphatic heterocycles. The molecule has 1 rings (SSSR count). The van der Waals surface area contributed by atoms with Gasteiger partial charge >= 0.3 is 5.97 Å². The highest BCUT2D eigenvalue weighted by Crippen LogP contribution is 2.11. The Kier molecular flexibility index (Phi) is 5.76. The van der Waals surface area contributed by atoms with Crippen LogP contribution in [0.25, 0.3) is 6.08 Å². The molecule has 0 radical (unpaired) electrons. The van der Waals surface area contributed by atoms with E-state index >= 15 is 0 Å². The maximum atomic E-state index is 11.6. The van der Waals surface area contributed by atoms with Gasteiger partial charge in [-0.05, 0) is 29.7 Å². The minimum atomic E-state index is -1.03. The van der Waals surface area contributed by atoms with Crippen LogP contribution in [-0.2, 0) is 9.59 Å². The van der Waals surface area contributed by atoms with Gasteiger partial charge in [0.25, 0.3) is 0 Å². The van der Waals surface area contributed by atoms with Crippen molar-refractivity contribution >= 4 is 33.9 Å². The summed E-state index contributed by atoms with van der Waals surface area (Å²) in [7, 11) is 0. The molecule has 1 amide bonds. The van der Waals surface area contributed by atoms with Crippen LogP contribution in [0.3, 0.4) is 0 Å². The molecule has 2 N–H and O–H groups in total. The average Bonchev–Trinajstić information content (AvgIpc) is 2.34. The lowest BCUT2D eigenvalue weighted by atomic mass is 10.0. The summed E-state index contributed by atoms with van der Waals surface area (Å²) in [6.07, 6.45) is 2.97. The Bertz CT molecular complexity index is 480. The van der Waals surface area contributed by atoms with Gasteiger partial charge in [0, 0.05) is 10.5 Å². The lowest BCUT2D eigenvalue weighted by molar-refractivity contribution is -0.142. The van der Waals surface area contributed by atoms with E-state index in [2.05, 4.69) is 21.2 Å². The maximum Gasteiger partial charge on any atom is 0.326 e. The molecule has 0 spiro atoms. The Morgan fingerprint density at radius 2 is 1.84 bits per heavy atom. The Morgan fingerprint density at radius 1 is 1.26 bits per heavy atom. The second-order valence-corrected chi connectivity index (χ2v) is 5.37. The van der Waals surface area contributed by atoms with E-state index in [9.17, 15) is 9.59 Å². The standard InChI is InChI=1S/C14H16BrNO3/c1-9(2)13(14(18)19)16-12(17)8-5-10-3-6-11(15)7-4-10/h3-9,13H,1-2H3,(H,16,17)(H,18,19)/t13-/m1/s1. The van der Waals surface area contributed by atoms with Gasteiger partial charge in [-0.25, -0.2) is 4.79 Å². The van der Waals surface area contributed by atoms with Gasteiger partial charge in [-0.3, -0.25) is 4.79 Å². The molecule has 1 aromatic rings. The molecule has 19 heavy (non-hydrogen) atoms. The van der Waals surface area contributed by atoms with E-state index in [1.54, 1.807) is 19.9 Å². The lowest BCUT2D eigenvalue weighted by Crippen LogP contribution is -2.43. The summed E-state index contributed by atoms with van der Waals surface area (Å²) in [5.41, 5.74) is 0.870. The first-order chi connectivity index (χ1) is 8.90. The molecule has 0 unspecified atom stereocenters. The Morgan fingerprint density at radius 3 is 2.32 bits per heavy atom. The molecule has 0 aromatic heterocycles. The molecule has 102 valence electrons. The summed E-state index contributed by atoms with van der Waals surface area (Å²) in [5.74, 6) is -1.60. The highest BCUT2D eigenvalue weighted by molar-refractivity contribution is 9.10. The number of carboxylic acid groups (broad SMARTS) is 1. The molecule has 0 heterocycles. The zero-order valence-electron chi connectivity index (χ0n) is 10.8. The van der Waals surface area contributed by atoms with Gasteiger partial charge in [-0.2, -0.15) is 0 Å². The van der Waals surface area contributed by atoms with Crippen LogP contribution >= 0.6 is 15.9 Å². The van der Waals surface area contributed by atoms with E-state index in [0.717, 1.165) is 10.0 Å². The van der Waals surface area contributed by atoms with Crippen LogP contribution in [0, 0.1) is 5.92 Å². The summed E-state index contributed by atoms with van der Waals surface area (Å²) >= 11 is 3.32. The van der Waals surface area contributed by atoms with Crippen molar-refractivity contribution in [1.82, 2.24) is 5.32 Å². The Balaban J connectivity index is 2.64. The number of carboxylic acids is 1. The van der Waals surface area contributed by atoms with Crippen molar-refractivity contribution in [2.45, 2.75) is 19.9 Å². The highest BCUT2D eigenvalue weighted by atomic mass is 79.9. The third-order valence-corrected chi connectivity index (χ3v) is 3.06. The lowest BCUT2D eigenvalue weighted by Gasteiger charge is -2.16. The largest absolute Gasteiger partial charge is 0.480 e. The Hall–Kier alpha value is -1.62. The van der Waals surface area contributed by atoms with Gasteiger partial charge in [0.05, 0.1) is 0 Å². The first kappa shape index (κ1) is 15.4. The highest BCUT2D eigenvalue weighted by Gasteiger charge is 2.22. The predicted octanol–water partition coefficient (Wildman–Crippen LogP) is 2.69. The van der Waals surface area contributed by atoms with Crippen LogP contribution in [0.4, 0.5) is 0 Å². The fourth-order valence-electron chi connectivity index (χ4n) is 1.46. The van der Waals surface area contributed by atoms with Crippen LogP contribution in [0.15, 0.2) is 34.8 Å². The number of hydrogen-bond acceptors (Lipinski definition) is 2. The second-order valence-electron chi connectivity index (χ2n) is 4.45. The van der Waals surface area contributed by atoms with Gasteiger partial charge in [-0.1, -0.05) is 41.9 Å². The molecular formula is C14H16BrNO3. The zero-order chi connectivity index (χ0) is 14.4. The topological polar surface area (TPSA) is 66.4 Å². The van der Waals surface area contributed by atoms with Crippen molar-refractivity contribution in [3.8, 4) is 0 Å². The molecule has 1 aromatic carbocycles. The van der Waals surface area contributed by atoms with E-state index in [4.69, 9.17) is 5.11 Å². The van der Waals surface area contributed by atoms with Gasteiger partial charge in [-0.15, -0.1) is 0 Å². The molecule has 0 bridgehead atoms. The molecule has 5 heteroatoms. The third kappa shape index (κ3) is 5.26. The van der Waals surface area contributed by atoms with Crippen LogP contribution in [-0.4, -0.2) is 23.0 Å². The van der Waals surface area contributed by atoms with Crippen LogP contribution < -0.4 is 5.32 Å². The smallest absolute Gasteiger partial charge is 0.326 e. The number of carbonyl (C=O) groups is 2. The van der Waals surface area contributed by atoms with Crippen LogP contribution in [0.2, 0.25) is 0 Å². The van der Waals surface area contributed by atoms with Crippen molar-refractivity contribution in [3.05, 3.63) is 40.4 Å². The van der Waals surface area contributed by atoms with Crippen LogP contribution in [0.1, 0.15) is 19.4 Å². The number of aliphatic carboxylic acids is 1. The van der Waals surface area contributed by atoms with Gasteiger partial charge in [0.15, 0.2) is 0 Å². The fourth-order valence-corrected chi connectivity index (χ4v) is 1.73. The number of carbonyl (C=O) groups excluding carboxylic acids is 1. The molecular weight excluding hydrogens is 310 g/mol. The molecule has 0 aliphatic rings. The van der Waals surface area contributed by atoms with E-state index in [1.165, 1.54) is 6.08 Å². The SMILES string of the molecule is CC(C)[C@@H](NC(=O)C=Cc1ccc(Br)cc1)C(=O)O. The molecule has 0 fully saturated rings. The minimum Gasteiger partial charge on any atom is -0.480 e. The zero-order valence-corrected chi connectivity index (χ0v) is 12.3. The summed E-state index contributed by atoms with van der Waals surface area (Å²) in [6, 6.07) is 6.56. The first-order valence-corrected chi connectivity index (χ1v) is 6.66. The number of halogens is 1. The maximum absolute atomic E-state index is 11.6. The molecule has 0 saturated carbocycles. The van der Waals surface area contributed by atoms with Gasteiger partial charge in [0.2, 0.25) is 5.91 Å². The number of benzene rings is 1. The molecule has 0 aliphatic carbocycles. The van der Waals surface area contributed by atoms with Crippen molar-refractivity contribution in [1.29, 1.82) is 0 Å². The number of nitrogens with one attached hydrogen (secondary N) is 1. The van der Waals surface area contributed by atoms with E-state index in [1.807, 2.05) is 24.3 Å².